The van der Waals surface area contributed by atoms with Crippen LogP contribution in [0.4, 0.5) is 0 Å². The van der Waals surface area contributed by atoms with Gasteiger partial charge >= 0.3 is 11.9 Å². The highest BCUT2D eigenvalue weighted by molar-refractivity contribution is 7.80. The van der Waals surface area contributed by atoms with Gasteiger partial charge in [-0.05, 0) is 71.2 Å². The van der Waals surface area contributed by atoms with E-state index in [4.69, 9.17) is 9.47 Å². The van der Waals surface area contributed by atoms with Gasteiger partial charge in [-0.3, -0.25) is 0 Å². The normalized spacial score (nSPS) is 11.3. The monoisotopic (exact) mass is 584 g/mol. The molecule has 0 heterocycles. The molecule has 4 nitrogen and oxygen atoms in total. The molecule has 0 saturated heterocycles. The summed E-state index contributed by atoms with van der Waals surface area (Å²) in [6.45, 7) is 2.06. The molecule has 5 aromatic rings. The van der Waals surface area contributed by atoms with E-state index in [9.17, 15) is 9.59 Å². The van der Waals surface area contributed by atoms with E-state index >= 15 is 0 Å². The number of ether oxygens (including phenoxy) is 2. The predicted molar refractivity (Wildman–Crippen MR) is 177 cm³/mol. The summed E-state index contributed by atoms with van der Waals surface area (Å²) in [5.74, 6) is -0.813. The zero-order valence-corrected chi connectivity index (χ0v) is 25.2. The fourth-order valence-corrected chi connectivity index (χ4v) is 7.55. The molecular formula is C38H33O4P. The van der Waals surface area contributed by atoms with Gasteiger partial charge in [0.2, 0.25) is 0 Å². The lowest BCUT2D eigenvalue weighted by Crippen LogP contribution is -2.22. The second-order valence-corrected chi connectivity index (χ2v) is 12.1. The highest BCUT2D eigenvalue weighted by atomic mass is 31.1. The Bertz CT molecular complexity index is 1670. The van der Waals surface area contributed by atoms with Gasteiger partial charge < -0.3 is 9.47 Å². The van der Waals surface area contributed by atoms with Gasteiger partial charge in [0.05, 0.1) is 19.3 Å². The van der Waals surface area contributed by atoms with E-state index < -0.39 is 13.9 Å². The molecule has 5 heteroatoms. The van der Waals surface area contributed by atoms with Crippen LogP contribution in [-0.4, -0.2) is 25.7 Å². The lowest BCUT2D eigenvalue weighted by atomic mass is 9.92. The van der Waals surface area contributed by atoms with E-state index in [-0.39, 0.29) is 19.0 Å². The van der Waals surface area contributed by atoms with Crippen LogP contribution in [0.1, 0.15) is 28.4 Å². The highest BCUT2D eigenvalue weighted by Crippen LogP contribution is 2.38. The second kappa shape index (κ2) is 14.4. The van der Waals surface area contributed by atoms with Crippen LogP contribution in [0.25, 0.3) is 17.2 Å². The molecule has 0 N–H and O–H groups in total. The molecule has 0 aliphatic carbocycles. The first-order valence-corrected chi connectivity index (χ1v) is 15.6. The van der Waals surface area contributed by atoms with Crippen molar-refractivity contribution in [1.29, 1.82) is 0 Å². The van der Waals surface area contributed by atoms with Crippen LogP contribution in [0.2, 0.25) is 0 Å². The van der Waals surface area contributed by atoms with Crippen LogP contribution in [0, 0.1) is 0 Å². The summed E-state index contributed by atoms with van der Waals surface area (Å²) in [7, 11) is 0.470. The Hall–Kier alpha value is -4.79. The minimum atomic E-state index is -0.902. The summed E-state index contributed by atoms with van der Waals surface area (Å²) >= 11 is 0. The Morgan fingerprint density at radius 3 is 1.88 bits per heavy atom. The molecule has 214 valence electrons. The third-order valence-electron chi connectivity index (χ3n) is 7.05. The molecule has 0 unspecified atom stereocenters. The Balaban J connectivity index is 1.70. The molecule has 0 fully saturated rings. The number of esters is 2. The molecule has 0 saturated carbocycles. The smallest absolute Gasteiger partial charge is 0.337 e. The lowest BCUT2D eigenvalue weighted by Gasteiger charge is -2.24. The van der Waals surface area contributed by atoms with E-state index in [1.165, 1.54) is 23.0 Å². The quantitative estimate of drug-likeness (QED) is 0.1000. The third kappa shape index (κ3) is 7.17. The summed E-state index contributed by atoms with van der Waals surface area (Å²) in [4.78, 5) is 25.9. The predicted octanol–water partition coefficient (Wildman–Crippen LogP) is 7.09. The van der Waals surface area contributed by atoms with Crippen LogP contribution in [0.3, 0.4) is 0 Å². The van der Waals surface area contributed by atoms with Crippen LogP contribution >= 0.6 is 7.92 Å². The highest BCUT2D eigenvalue weighted by Gasteiger charge is 2.23. The number of benzene rings is 5. The van der Waals surface area contributed by atoms with Gasteiger partial charge in [0.25, 0.3) is 0 Å². The van der Waals surface area contributed by atoms with Gasteiger partial charge in [0, 0.05) is 12.0 Å². The summed E-state index contributed by atoms with van der Waals surface area (Å²) in [6.07, 6.45) is 2.14. The molecule has 0 radical (unpaired) electrons. The molecule has 0 spiro atoms. The molecule has 0 bridgehead atoms. The van der Waals surface area contributed by atoms with Crippen LogP contribution in [0.15, 0.2) is 139 Å². The fourth-order valence-electron chi connectivity index (χ4n) is 5.09. The van der Waals surface area contributed by atoms with Crippen molar-refractivity contribution in [3.8, 4) is 11.1 Å². The van der Waals surface area contributed by atoms with Gasteiger partial charge in [-0.2, -0.15) is 0 Å². The van der Waals surface area contributed by atoms with Gasteiger partial charge in [-0.1, -0.05) is 121 Å². The van der Waals surface area contributed by atoms with E-state index in [1.54, 1.807) is 13.0 Å². The summed E-state index contributed by atoms with van der Waals surface area (Å²) < 4.78 is 10.5. The summed E-state index contributed by atoms with van der Waals surface area (Å²) in [6, 6.07) is 44.8. The van der Waals surface area contributed by atoms with E-state index in [2.05, 4.69) is 66.7 Å². The molecule has 5 rings (SSSR count). The Kier molecular flexibility index (Phi) is 9.94. The first-order chi connectivity index (χ1) is 21.1. The number of methoxy groups -OCH3 is 1. The number of hydrogen-bond acceptors (Lipinski definition) is 4. The maximum atomic E-state index is 13.2. The molecule has 5 aromatic carbocycles. The first kappa shape index (κ1) is 29.7. The van der Waals surface area contributed by atoms with E-state index in [1.807, 2.05) is 66.7 Å². The third-order valence-corrected chi connectivity index (χ3v) is 9.55. The maximum Gasteiger partial charge on any atom is 0.337 e. The SMILES string of the molecule is CCOC(=O)/C(=C/c1ccccc1)Cc1cc(C(=O)OC)ccc1-c1ccccc1P(c1ccccc1)c1ccccc1. The zero-order valence-electron chi connectivity index (χ0n) is 24.3. The van der Waals surface area contributed by atoms with Crippen molar-refractivity contribution >= 4 is 41.8 Å². The molecule has 0 aromatic heterocycles. The van der Waals surface area contributed by atoms with Gasteiger partial charge in [-0.15, -0.1) is 0 Å². The van der Waals surface area contributed by atoms with Crippen molar-refractivity contribution < 1.29 is 19.1 Å². The van der Waals surface area contributed by atoms with Crippen molar-refractivity contribution in [1.82, 2.24) is 0 Å². The van der Waals surface area contributed by atoms with Gasteiger partial charge in [0.15, 0.2) is 0 Å². The maximum absolute atomic E-state index is 13.2. The molecule has 0 atom stereocenters. The average molecular weight is 585 g/mol. The molecule has 0 aliphatic heterocycles. The summed E-state index contributed by atoms with van der Waals surface area (Å²) in [5.41, 5.74) is 4.66. The molecule has 0 amide bonds. The van der Waals surface area contributed by atoms with Crippen molar-refractivity contribution in [2.75, 3.05) is 13.7 Å². The van der Waals surface area contributed by atoms with Crippen LogP contribution < -0.4 is 15.9 Å². The lowest BCUT2D eigenvalue weighted by molar-refractivity contribution is -0.138. The van der Waals surface area contributed by atoms with Gasteiger partial charge in [-0.25, -0.2) is 9.59 Å². The van der Waals surface area contributed by atoms with Crippen LogP contribution in [-0.2, 0) is 20.7 Å². The van der Waals surface area contributed by atoms with Crippen molar-refractivity contribution in [3.63, 3.8) is 0 Å². The van der Waals surface area contributed by atoms with Gasteiger partial charge in [0.1, 0.15) is 0 Å². The van der Waals surface area contributed by atoms with Crippen molar-refractivity contribution in [2.24, 2.45) is 0 Å². The Morgan fingerprint density at radius 1 is 0.698 bits per heavy atom. The topological polar surface area (TPSA) is 52.6 Å². The average Bonchev–Trinajstić information content (AvgIpc) is 3.06. The molecule has 43 heavy (non-hydrogen) atoms. The van der Waals surface area contributed by atoms with E-state index in [0.717, 1.165) is 22.3 Å². The standard InChI is InChI=1S/C38H33O4P/c1-3-42-38(40)31(25-28-15-7-4-8-16-28)27-30-26-29(37(39)41-2)23-24-34(30)35-21-13-14-22-36(35)43(32-17-9-5-10-18-32)33-19-11-6-12-20-33/h4-26H,3,27H2,1-2H3/b31-25+. The Labute approximate surface area is 254 Å². The summed E-state index contributed by atoms with van der Waals surface area (Å²) in [5, 5.41) is 3.66. The molecular weight excluding hydrogens is 551 g/mol. The minimum absolute atomic E-state index is 0.265. The Morgan fingerprint density at radius 2 is 1.28 bits per heavy atom. The first-order valence-electron chi connectivity index (χ1n) is 14.2. The second-order valence-electron chi connectivity index (χ2n) is 9.86. The largest absolute Gasteiger partial charge is 0.465 e. The number of carbonyl (C=O) groups is 2. The number of carbonyl (C=O) groups excluding carboxylic acids is 2. The van der Waals surface area contributed by atoms with Crippen molar-refractivity contribution in [3.05, 3.63) is 156 Å². The fraction of sp³-hybridized carbons (Fsp3) is 0.105. The minimum Gasteiger partial charge on any atom is -0.465 e. The zero-order chi connectivity index (χ0) is 30.0. The molecule has 0 aliphatic rings. The van der Waals surface area contributed by atoms with Crippen LogP contribution in [0.5, 0.6) is 0 Å². The van der Waals surface area contributed by atoms with Crippen molar-refractivity contribution in [2.45, 2.75) is 13.3 Å². The number of rotatable bonds is 10. The van der Waals surface area contributed by atoms with E-state index in [0.29, 0.717) is 11.1 Å². The number of hydrogen-bond donors (Lipinski definition) is 0.